The van der Waals surface area contributed by atoms with E-state index in [9.17, 15) is 0 Å². The van der Waals surface area contributed by atoms with Crippen LogP contribution >= 0.6 is 35.0 Å². The van der Waals surface area contributed by atoms with Crippen LogP contribution in [0.3, 0.4) is 0 Å². The lowest BCUT2D eigenvalue weighted by molar-refractivity contribution is -0.0421. The van der Waals surface area contributed by atoms with Crippen LogP contribution in [-0.2, 0) is 9.47 Å². The molecule has 16 heavy (non-hydrogen) atoms. The fourth-order valence-electron chi connectivity index (χ4n) is 1.43. The monoisotopic (exact) mass is 278 g/mol. The number of thioether (sulfide) groups is 1. The molecule has 0 N–H and O–H groups in total. The Balaban J connectivity index is 1.80. The predicted molar refractivity (Wildman–Crippen MR) is 67.5 cm³/mol. The van der Waals surface area contributed by atoms with Gasteiger partial charge in [0.25, 0.3) is 0 Å². The van der Waals surface area contributed by atoms with Gasteiger partial charge in [-0.15, -0.1) is 11.8 Å². The highest BCUT2D eigenvalue weighted by Gasteiger charge is 2.15. The minimum atomic E-state index is -0.0430. The van der Waals surface area contributed by atoms with E-state index in [4.69, 9.17) is 32.7 Å². The van der Waals surface area contributed by atoms with Gasteiger partial charge in [-0.2, -0.15) is 0 Å². The van der Waals surface area contributed by atoms with E-state index < -0.39 is 0 Å². The Labute approximate surface area is 109 Å². The molecule has 1 aromatic rings. The van der Waals surface area contributed by atoms with E-state index in [0.717, 1.165) is 17.1 Å². The zero-order valence-electron chi connectivity index (χ0n) is 8.62. The molecule has 0 atom stereocenters. The molecule has 0 bridgehead atoms. The van der Waals surface area contributed by atoms with Crippen LogP contribution < -0.4 is 0 Å². The molecule has 1 fully saturated rings. The van der Waals surface area contributed by atoms with Crippen LogP contribution in [0, 0.1) is 0 Å². The van der Waals surface area contributed by atoms with Crippen LogP contribution in [0.1, 0.15) is 6.42 Å². The summed E-state index contributed by atoms with van der Waals surface area (Å²) in [5, 5.41) is 1.36. The second-order valence-electron chi connectivity index (χ2n) is 3.38. The second kappa shape index (κ2) is 6.12. The van der Waals surface area contributed by atoms with Gasteiger partial charge in [-0.1, -0.05) is 23.2 Å². The molecule has 0 aliphatic carbocycles. The lowest BCUT2D eigenvalue weighted by atomic mass is 10.4. The molecule has 0 aromatic heterocycles. The molecule has 0 saturated carbocycles. The van der Waals surface area contributed by atoms with Crippen LogP contribution in [0.5, 0.6) is 0 Å². The van der Waals surface area contributed by atoms with E-state index in [0.29, 0.717) is 23.3 Å². The molecule has 1 aromatic carbocycles. The highest BCUT2D eigenvalue weighted by molar-refractivity contribution is 7.99. The van der Waals surface area contributed by atoms with Gasteiger partial charge in [0.15, 0.2) is 6.29 Å². The first-order chi connectivity index (χ1) is 7.75. The lowest BCUT2D eigenvalue weighted by Crippen LogP contribution is -2.08. The van der Waals surface area contributed by atoms with E-state index in [1.165, 1.54) is 0 Å². The van der Waals surface area contributed by atoms with Crippen molar-refractivity contribution in [1.29, 1.82) is 0 Å². The fraction of sp³-hybridized carbons (Fsp3) is 0.455. The SMILES string of the molecule is Clc1ccc(SCCC2OCCO2)c(Cl)c1. The molecule has 1 saturated heterocycles. The van der Waals surface area contributed by atoms with Crippen LogP contribution in [-0.4, -0.2) is 25.3 Å². The van der Waals surface area contributed by atoms with E-state index >= 15 is 0 Å². The average Bonchev–Trinajstić information content (AvgIpc) is 2.74. The summed E-state index contributed by atoms with van der Waals surface area (Å²) < 4.78 is 10.7. The maximum absolute atomic E-state index is 6.06. The van der Waals surface area contributed by atoms with E-state index in [2.05, 4.69) is 0 Å². The first kappa shape index (κ1) is 12.5. The summed E-state index contributed by atoms with van der Waals surface area (Å²) in [4.78, 5) is 1.05. The van der Waals surface area contributed by atoms with Crippen molar-refractivity contribution >= 4 is 35.0 Å². The number of rotatable bonds is 4. The number of hydrogen-bond donors (Lipinski definition) is 0. The average molecular weight is 279 g/mol. The molecular formula is C11H12Cl2O2S. The standard InChI is InChI=1S/C11H12Cl2O2S/c12-8-1-2-10(9(13)7-8)16-6-3-11-14-4-5-15-11/h1-2,7,11H,3-6H2. The quantitative estimate of drug-likeness (QED) is 0.780. The van der Waals surface area contributed by atoms with Crippen molar-refractivity contribution in [2.45, 2.75) is 17.6 Å². The zero-order valence-corrected chi connectivity index (χ0v) is 10.9. The summed E-state index contributed by atoms with van der Waals surface area (Å²) in [6.07, 6.45) is 0.836. The predicted octanol–water partition coefficient (Wildman–Crippen LogP) is 3.85. The van der Waals surface area contributed by atoms with Crippen LogP contribution in [0.2, 0.25) is 10.0 Å². The summed E-state index contributed by atoms with van der Waals surface area (Å²) in [6.45, 7) is 1.41. The molecule has 0 unspecified atom stereocenters. The molecular weight excluding hydrogens is 267 g/mol. The molecule has 1 heterocycles. The van der Waals surface area contributed by atoms with E-state index in [1.54, 1.807) is 17.8 Å². The van der Waals surface area contributed by atoms with Crippen molar-refractivity contribution in [2.75, 3.05) is 19.0 Å². The van der Waals surface area contributed by atoms with E-state index in [1.807, 2.05) is 12.1 Å². The van der Waals surface area contributed by atoms with Gasteiger partial charge in [0.1, 0.15) is 0 Å². The fourth-order valence-corrected chi connectivity index (χ4v) is 2.89. The van der Waals surface area contributed by atoms with Crippen LogP contribution in [0.25, 0.3) is 0 Å². The third-order valence-corrected chi connectivity index (χ3v) is 3.96. The summed E-state index contributed by atoms with van der Waals surface area (Å²) in [7, 11) is 0. The summed E-state index contributed by atoms with van der Waals surface area (Å²) >= 11 is 13.6. The van der Waals surface area contributed by atoms with Gasteiger partial charge in [0, 0.05) is 22.1 Å². The first-order valence-corrected chi connectivity index (χ1v) is 6.81. The van der Waals surface area contributed by atoms with Gasteiger partial charge < -0.3 is 9.47 Å². The Morgan fingerprint density at radius 3 is 2.69 bits per heavy atom. The highest BCUT2D eigenvalue weighted by Crippen LogP contribution is 2.30. The largest absolute Gasteiger partial charge is 0.350 e. The zero-order chi connectivity index (χ0) is 11.4. The maximum Gasteiger partial charge on any atom is 0.158 e. The van der Waals surface area contributed by atoms with Gasteiger partial charge >= 0.3 is 0 Å². The molecule has 0 spiro atoms. The molecule has 2 rings (SSSR count). The third-order valence-electron chi connectivity index (χ3n) is 2.20. The molecule has 1 aliphatic rings. The van der Waals surface area contributed by atoms with Gasteiger partial charge in [0.05, 0.1) is 18.2 Å². The number of hydrogen-bond acceptors (Lipinski definition) is 3. The van der Waals surface area contributed by atoms with Crippen molar-refractivity contribution in [2.24, 2.45) is 0 Å². The number of benzene rings is 1. The minimum absolute atomic E-state index is 0.0430. The Kier molecular flexibility index (Phi) is 4.79. The lowest BCUT2D eigenvalue weighted by Gasteiger charge is -2.09. The van der Waals surface area contributed by atoms with Gasteiger partial charge in [0.2, 0.25) is 0 Å². The van der Waals surface area contributed by atoms with Crippen molar-refractivity contribution in [3.8, 4) is 0 Å². The number of halogens is 2. The van der Waals surface area contributed by atoms with E-state index in [-0.39, 0.29) is 6.29 Å². The van der Waals surface area contributed by atoms with Crippen LogP contribution in [0.4, 0.5) is 0 Å². The molecule has 2 nitrogen and oxygen atoms in total. The van der Waals surface area contributed by atoms with Gasteiger partial charge in [-0.3, -0.25) is 0 Å². The van der Waals surface area contributed by atoms with Gasteiger partial charge in [-0.25, -0.2) is 0 Å². The minimum Gasteiger partial charge on any atom is -0.350 e. The van der Waals surface area contributed by atoms with Crippen molar-refractivity contribution in [3.63, 3.8) is 0 Å². The third kappa shape index (κ3) is 3.54. The number of ether oxygens (including phenoxy) is 2. The van der Waals surface area contributed by atoms with Crippen LogP contribution in [0.15, 0.2) is 23.1 Å². The van der Waals surface area contributed by atoms with Gasteiger partial charge in [-0.05, 0) is 18.2 Å². The second-order valence-corrected chi connectivity index (χ2v) is 5.36. The first-order valence-electron chi connectivity index (χ1n) is 5.07. The molecule has 0 amide bonds. The van der Waals surface area contributed by atoms with Crippen molar-refractivity contribution in [3.05, 3.63) is 28.2 Å². The molecule has 0 radical (unpaired) electrons. The molecule has 1 aliphatic heterocycles. The summed E-state index contributed by atoms with van der Waals surface area (Å²) in [5.41, 5.74) is 0. The molecule has 88 valence electrons. The normalized spacial score (nSPS) is 16.9. The van der Waals surface area contributed by atoms with Crippen molar-refractivity contribution < 1.29 is 9.47 Å². The summed E-state index contributed by atoms with van der Waals surface area (Å²) in [5.74, 6) is 0.923. The topological polar surface area (TPSA) is 18.5 Å². The molecule has 5 heteroatoms. The van der Waals surface area contributed by atoms with Crippen molar-refractivity contribution in [1.82, 2.24) is 0 Å². The maximum atomic E-state index is 6.06. The summed E-state index contributed by atoms with van der Waals surface area (Å²) in [6, 6.07) is 5.54. The Morgan fingerprint density at radius 2 is 2.00 bits per heavy atom. The highest BCUT2D eigenvalue weighted by atomic mass is 35.5. The Bertz CT molecular complexity index is 354. The Morgan fingerprint density at radius 1 is 1.25 bits per heavy atom. The Hall–Kier alpha value is 0.0700. The smallest absolute Gasteiger partial charge is 0.158 e.